The van der Waals surface area contributed by atoms with Gasteiger partial charge in [-0.15, -0.1) is 0 Å². The highest BCUT2D eigenvalue weighted by Gasteiger charge is 2.36. The van der Waals surface area contributed by atoms with Gasteiger partial charge in [0.1, 0.15) is 6.54 Å². The number of carbonyl (C=O) groups excluding carboxylic acids is 3. The third kappa shape index (κ3) is 6.14. The van der Waals surface area contributed by atoms with Crippen LogP contribution in [0.5, 0.6) is 11.5 Å². The van der Waals surface area contributed by atoms with Gasteiger partial charge in [0.25, 0.3) is 17.1 Å². The molecule has 2 N–H and O–H groups in total. The number of carbonyl (C=O) groups is 4. The molecule has 0 bridgehead atoms. The normalized spacial score (nSPS) is 14.5. The van der Waals surface area contributed by atoms with E-state index in [1.807, 2.05) is 19.1 Å². The SMILES string of the molecule is COc1cc(/C=C2/SC(=O)N(CC(=O)O)C2=O)cc(Br)c1OCC(=O)Nc1ccc(C)cc1. The molecule has 0 aromatic heterocycles. The number of ether oxygens (including phenoxy) is 2. The molecule has 9 nitrogen and oxygen atoms in total. The quantitative estimate of drug-likeness (QED) is 0.488. The van der Waals surface area contributed by atoms with Crippen LogP contribution in [0.4, 0.5) is 10.5 Å². The largest absolute Gasteiger partial charge is 0.493 e. The van der Waals surface area contributed by atoms with Gasteiger partial charge in [-0.2, -0.15) is 0 Å². The summed E-state index contributed by atoms with van der Waals surface area (Å²) in [4.78, 5) is 48.1. The van der Waals surface area contributed by atoms with E-state index in [4.69, 9.17) is 14.6 Å². The monoisotopic (exact) mass is 534 g/mol. The van der Waals surface area contributed by atoms with E-state index in [2.05, 4.69) is 21.2 Å². The third-order valence-electron chi connectivity index (χ3n) is 4.40. The highest BCUT2D eigenvalue weighted by Crippen LogP contribution is 2.39. The second-order valence-corrected chi connectivity index (χ2v) is 8.75. The molecule has 0 saturated carbocycles. The minimum absolute atomic E-state index is 0.0846. The van der Waals surface area contributed by atoms with Crippen molar-refractivity contribution < 1.29 is 33.8 Å². The summed E-state index contributed by atoms with van der Waals surface area (Å²) in [5, 5.41) is 10.9. The first-order valence-electron chi connectivity index (χ1n) is 9.52. The number of hydrogen-bond donors (Lipinski definition) is 2. The molecule has 172 valence electrons. The van der Waals surface area contributed by atoms with Crippen LogP contribution in [0.25, 0.3) is 6.08 Å². The van der Waals surface area contributed by atoms with E-state index in [0.717, 1.165) is 5.56 Å². The molecule has 0 radical (unpaired) electrons. The maximum atomic E-state index is 12.3. The number of halogens is 1. The molecule has 1 heterocycles. The summed E-state index contributed by atoms with van der Waals surface area (Å²) in [7, 11) is 1.42. The van der Waals surface area contributed by atoms with E-state index in [0.29, 0.717) is 38.1 Å². The number of nitrogens with zero attached hydrogens (tertiary/aromatic N) is 1. The summed E-state index contributed by atoms with van der Waals surface area (Å²) < 4.78 is 11.4. The molecule has 2 aromatic rings. The summed E-state index contributed by atoms with van der Waals surface area (Å²) in [6.45, 7) is 0.978. The Morgan fingerprint density at radius 3 is 2.55 bits per heavy atom. The van der Waals surface area contributed by atoms with Gasteiger partial charge in [0.15, 0.2) is 18.1 Å². The number of thioether (sulfide) groups is 1. The Bertz CT molecular complexity index is 1150. The van der Waals surface area contributed by atoms with Gasteiger partial charge >= 0.3 is 5.97 Å². The Kier molecular flexibility index (Phi) is 7.77. The maximum absolute atomic E-state index is 12.3. The Hall–Kier alpha value is -3.31. The van der Waals surface area contributed by atoms with Crippen LogP contribution in [-0.4, -0.2) is 53.3 Å². The summed E-state index contributed by atoms with van der Waals surface area (Å²) in [6.07, 6.45) is 1.45. The minimum Gasteiger partial charge on any atom is -0.493 e. The summed E-state index contributed by atoms with van der Waals surface area (Å²) >= 11 is 4.02. The number of anilines is 1. The predicted octanol–water partition coefficient (Wildman–Crippen LogP) is 3.90. The van der Waals surface area contributed by atoms with Crippen molar-refractivity contribution in [1.82, 2.24) is 4.90 Å². The van der Waals surface area contributed by atoms with Gasteiger partial charge in [-0.25, -0.2) is 0 Å². The van der Waals surface area contributed by atoms with Gasteiger partial charge in [0.2, 0.25) is 0 Å². The predicted molar refractivity (Wildman–Crippen MR) is 126 cm³/mol. The first-order chi connectivity index (χ1) is 15.7. The van der Waals surface area contributed by atoms with Crippen molar-refractivity contribution in [1.29, 1.82) is 0 Å². The highest BCUT2D eigenvalue weighted by molar-refractivity contribution is 9.10. The number of methoxy groups -OCH3 is 1. The van der Waals surface area contributed by atoms with Gasteiger partial charge in [-0.05, 0) is 70.5 Å². The number of aryl methyl sites for hydroxylation is 1. The third-order valence-corrected chi connectivity index (χ3v) is 5.90. The molecule has 2 aromatic carbocycles. The van der Waals surface area contributed by atoms with Crippen molar-refractivity contribution >= 4 is 62.5 Å². The molecule has 11 heteroatoms. The number of carboxylic acid groups (broad SMARTS) is 1. The van der Waals surface area contributed by atoms with Crippen LogP contribution in [0.15, 0.2) is 45.8 Å². The van der Waals surface area contributed by atoms with Gasteiger partial charge in [0.05, 0.1) is 16.5 Å². The molecular weight excluding hydrogens is 516 g/mol. The summed E-state index contributed by atoms with van der Waals surface area (Å²) in [6, 6.07) is 10.5. The average molecular weight is 535 g/mol. The topological polar surface area (TPSA) is 122 Å². The van der Waals surface area contributed by atoms with Gasteiger partial charge in [-0.1, -0.05) is 17.7 Å². The number of imide groups is 1. The summed E-state index contributed by atoms with van der Waals surface area (Å²) in [5.74, 6) is -1.74. The van der Waals surface area contributed by atoms with Crippen molar-refractivity contribution in [3.05, 3.63) is 56.9 Å². The van der Waals surface area contributed by atoms with Crippen LogP contribution in [0.2, 0.25) is 0 Å². The molecule has 3 amide bonds. The lowest BCUT2D eigenvalue weighted by molar-refractivity contribution is -0.140. The molecule has 33 heavy (non-hydrogen) atoms. The number of hydrogen-bond acceptors (Lipinski definition) is 7. The van der Waals surface area contributed by atoms with E-state index >= 15 is 0 Å². The lowest BCUT2D eigenvalue weighted by Gasteiger charge is -2.14. The van der Waals surface area contributed by atoms with E-state index < -0.39 is 23.7 Å². The Labute approximate surface area is 201 Å². The van der Waals surface area contributed by atoms with E-state index in [1.54, 1.807) is 24.3 Å². The molecule has 1 fully saturated rings. The van der Waals surface area contributed by atoms with Gasteiger partial charge in [-0.3, -0.25) is 24.1 Å². The van der Waals surface area contributed by atoms with Crippen molar-refractivity contribution in [2.24, 2.45) is 0 Å². The number of rotatable bonds is 8. The molecule has 0 unspecified atom stereocenters. The molecule has 0 aliphatic carbocycles. The minimum atomic E-state index is -1.28. The van der Waals surface area contributed by atoms with Crippen molar-refractivity contribution in [3.8, 4) is 11.5 Å². The van der Waals surface area contributed by atoms with Crippen LogP contribution < -0.4 is 14.8 Å². The first kappa shape index (κ1) is 24.3. The molecule has 0 spiro atoms. The van der Waals surface area contributed by atoms with Crippen LogP contribution in [0.3, 0.4) is 0 Å². The van der Waals surface area contributed by atoms with Crippen molar-refractivity contribution in [3.63, 3.8) is 0 Å². The molecule has 1 aliphatic rings. The standard InChI is InChI=1S/C22H19BrN2O7S/c1-12-3-5-14(6-4-12)24-18(26)11-32-20-15(23)7-13(8-16(20)31-2)9-17-21(29)25(10-19(27)28)22(30)33-17/h3-9H,10-11H2,1-2H3,(H,24,26)(H,27,28)/b17-9+. The van der Waals surface area contributed by atoms with Gasteiger partial charge in [0, 0.05) is 5.69 Å². The lowest BCUT2D eigenvalue weighted by Crippen LogP contribution is -2.33. The van der Waals surface area contributed by atoms with Crippen LogP contribution >= 0.6 is 27.7 Å². The molecule has 3 rings (SSSR count). The zero-order valence-electron chi connectivity index (χ0n) is 17.6. The number of amides is 3. The number of carboxylic acids is 1. The lowest BCUT2D eigenvalue weighted by atomic mass is 10.2. The highest BCUT2D eigenvalue weighted by atomic mass is 79.9. The van der Waals surface area contributed by atoms with Crippen LogP contribution in [-0.2, 0) is 14.4 Å². The van der Waals surface area contributed by atoms with E-state index in [-0.39, 0.29) is 23.2 Å². The van der Waals surface area contributed by atoms with E-state index in [9.17, 15) is 19.2 Å². The fourth-order valence-corrected chi connectivity index (χ4v) is 4.27. The van der Waals surface area contributed by atoms with Crippen molar-refractivity contribution in [2.45, 2.75) is 6.92 Å². The Morgan fingerprint density at radius 2 is 1.91 bits per heavy atom. The maximum Gasteiger partial charge on any atom is 0.323 e. The Morgan fingerprint density at radius 1 is 1.21 bits per heavy atom. The summed E-state index contributed by atoms with van der Waals surface area (Å²) in [5.41, 5.74) is 2.23. The number of benzene rings is 2. The molecule has 1 aliphatic heterocycles. The number of aliphatic carboxylic acids is 1. The second-order valence-electron chi connectivity index (χ2n) is 6.90. The van der Waals surface area contributed by atoms with Gasteiger partial charge < -0.3 is 19.9 Å². The number of nitrogens with one attached hydrogen (secondary N) is 1. The van der Waals surface area contributed by atoms with Crippen LogP contribution in [0, 0.1) is 6.92 Å². The first-order valence-corrected chi connectivity index (χ1v) is 11.1. The fourth-order valence-electron chi connectivity index (χ4n) is 2.86. The fraction of sp³-hybridized carbons (Fsp3) is 0.182. The Balaban J connectivity index is 1.73. The average Bonchev–Trinajstić information content (AvgIpc) is 3.01. The van der Waals surface area contributed by atoms with Crippen molar-refractivity contribution in [2.75, 3.05) is 25.6 Å². The molecular formula is C22H19BrN2O7S. The van der Waals surface area contributed by atoms with E-state index in [1.165, 1.54) is 13.2 Å². The second kappa shape index (κ2) is 10.5. The smallest absolute Gasteiger partial charge is 0.323 e. The zero-order valence-corrected chi connectivity index (χ0v) is 20.0. The molecule has 0 atom stereocenters. The zero-order chi connectivity index (χ0) is 24.1. The van der Waals surface area contributed by atoms with Crippen LogP contribution in [0.1, 0.15) is 11.1 Å². The molecule has 1 saturated heterocycles.